The van der Waals surface area contributed by atoms with E-state index < -0.39 is 17.7 Å². The summed E-state index contributed by atoms with van der Waals surface area (Å²) in [5.41, 5.74) is 1.18. The van der Waals surface area contributed by atoms with E-state index in [2.05, 4.69) is 0 Å². The summed E-state index contributed by atoms with van der Waals surface area (Å²) >= 11 is 0. The predicted octanol–water partition coefficient (Wildman–Crippen LogP) is 3.10. The molecule has 15 heavy (non-hydrogen) atoms. The average Bonchev–Trinajstić information content (AvgIpc) is 2.18. The molecular weight excluding hydrogens is 195 g/mol. The van der Waals surface area contributed by atoms with Crippen molar-refractivity contribution in [2.45, 2.75) is 32.6 Å². The van der Waals surface area contributed by atoms with Crippen LogP contribution >= 0.6 is 0 Å². The van der Waals surface area contributed by atoms with Gasteiger partial charge in [0.15, 0.2) is 0 Å². The first-order chi connectivity index (χ1) is 7.06. The number of aryl methyl sites for hydroxylation is 1. The standard InChI is InChI=1S/C12H15FO2/c1-3-4-9(12(14)15)10-7-8(2)5-6-11(10)13/h5-7,9H,3-4H2,1-2H3,(H,14,15). The van der Waals surface area contributed by atoms with Gasteiger partial charge < -0.3 is 5.11 Å². The summed E-state index contributed by atoms with van der Waals surface area (Å²) < 4.78 is 13.4. The zero-order chi connectivity index (χ0) is 11.4. The number of hydrogen-bond donors (Lipinski definition) is 1. The average molecular weight is 210 g/mol. The lowest BCUT2D eigenvalue weighted by Crippen LogP contribution is -2.13. The number of halogens is 1. The highest BCUT2D eigenvalue weighted by Gasteiger charge is 2.21. The lowest BCUT2D eigenvalue weighted by atomic mass is 9.93. The predicted molar refractivity (Wildman–Crippen MR) is 56.4 cm³/mol. The Bertz CT molecular complexity index is 361. The minimum absolute atomic E-state index is 0.296. The molecule has 1 rings (SSSR count). The van der Waals surface area contributed by atoms with E-state index in [0.717, 1.165) is 12.0 Å². The second-order valence-electron chi connectivity index (χ2n) is 3.70. The molecule has 0 amide bonds. The molecule has 1 aromatic carbocycles. The first-order valence-corrected chi connectivity index (χ1v) is 5.05. The Morgan fingerprint density at radius 2 is 2.20 bits per heavy atom. The molecule has 0 aliphatic carbocycles. The van der Waals surface area contributed by atoms with Gasteiger partial charge in [-0.15, -0.1) is 0 Å². The lowest BCUT2D eigenvalue weighted by Gasteiger charge is -2.13. The van der Waals surface area contributed by atoms with Crippen LogP contribution in [0.15, 0.2) is 18.2 Å². The second kappa shape index (κ2) is 4.91. The Morgan fingerprint density at radius 3 is 2.73 bits per heavy atom. The van der Waals surface area contributed by atoms with Crippen molar-refractivity contribution in [2.24, 2.45) is 0 Å². The molecule has 3 heteroatoms. The van der Waals surface area contributed by atoms with Crippen LogP contribution in [0.3, 0.4) is 0 Å². The minimum Gasteiger partial charge on any atom is -0.481 e. The molecule has 0 saturated heterocycles. The third-order valence-electron chi connectivity index (χ3n) is 2.40. The van der Waals surface area contributed by atoms with E-state index in [4.69, 9.17) is 5.11 Å². The molecule has 1 unspecified atom stereocenters. The lowest BCUT2D eigenvalue weighted by molar-refractivity contribution is -0.139. The summed E-state index contributed by atoms with van der Waals surface area (Å²) in [6.45, 7) is 3.72. The SMILES string of the molecule is CCCC(C(=O)O)c1cc(C)ccc1F. The van der Waals surface area contributed by atoms with E-state index in [9.17, 15) is 9.18 Å². The van der Waals surface area contributed by atoms with Gasteiger partial charge >= 0.3 is 5.97 Å². The topological polar surface area (TPSA) is 37.3 Å². The first kappa shape index (κ1) is 11.7. The quantitative estimate of drug-likeness (QED) is 0.829. The van der Waals surface area contributed by atoms with E-state index in [1.165, 1.54) is 6.07 Å². The van der Waals surface area contributed by atoms with Crippen LogP contribution in [0.1, 0.15) is 36.8 Å². The Labute approximate surface area is 88.7 Å². The van der Waals surface area contributed by atoms with Crippen molar-refractivity contribution in [1.82, 2.24) is 0 Å². The third kappa shape index (κ3) is 2.78. The molecule has 82 valence electrons. The number of carbonyl (C=O) groups is 1. The Kier molecular flexibility index (Phi) is 3.83. The van der Waals surface area contributed by atoms with Crippen LogP contribution in [0, 0.1) is 12.7 Å². The Balaban J connectivity index is 3.09. The summed E-state index contributed by atoms with van der Waals surface area (Å²) in [5, 5.41) is 9.01. The molecule has 0 fully saturated rings. The highest BCUT2D eigenvalue weighted by Crippen LogP contribution is 2.25. The van der Waals surface area contributed by atoms with E-state index in [1.54, 1.807) is 12.1 Å². The van der Waals surface area contributed by atoms with Crippen molar-refractivity contribution >= 4 is 5.97 Å². The van der Waals surface area contributed by atoms with Crippen LogP contribution in [0.25, 0.3) is 0 Å². The van der Waals surface area contributed by atoms with Gasteiger partial charge in [-0.3, -0.25) is 4.79 Å². The van der Waals surface area contributed by atoms with Crippen LogP contribution in [-0.2, 0) is 4.79 Å². The minimum atomic E-state index is -0.957. The molecule has 2 nitrogen and oxygen atoms in total. The van der Waals surface area contributed by atoms with Crippen LogP contribution in [0.4, 0.5) is 4.39 Å². The summed E-state index contributed by atoms with van der Waals surface area (Å²) in [4.78, 5) is 11.0. The van der Waals surface area contributed by atoms with Crippen molar-refractivity contribution in [3.63, 3.8) is 0 Å². The Hall–Kier alpha value is -1.38. The van der Waals surface area contributed by atoms with E-state index in [-0.39, 0.29) is 0 Å². The van der Waals surface area contributed by atoms with Gasteiger partial charge in [0.25, 0.3) is 0 Å². The number of rotatable bonds is 4. The zero-order valence-electron chi connectivity index (χ0n) is 8.96. The fourth-order valence-electron chi connectivity index (χ4n) is 1.63. The molecule has 0 bridgehead atoms. The fourth-order valence-corrected chi connectivity index (χ4v) is 1.63. The third-order valence-corrected chi connectivity index (χ3v) is 2.40. The first-order valence-electron chi connectivity index (χ1n) is 5.05. The maximum atomic E-state index is 13.4. The summed E-state index contributed by atoms with van der Waals surface area (Å²) in [6.07, 6.45) is 1.19. The van der Waals surface area contributed by atoms with Gasteiger partial charge in [-0.1, -0.05) is 31.0 Å². The van der Waals surface area contributed by atoms with Crippen molar-refractivity contribution < 1.29 is 14.3 Å². The van der Waals surface area contributed by atoms with Gasteiger partial charge in [0.2, 0.25) is 0 Å². The molecule has 0 aromatic heterocycles. The molecule has 1 atom stereocenters. The molecular formula is C12H15FO2. The number of aliphatic carboxylic acids is 1. The summed E-state index contributed by atoms with van der Waals surface area (Å²) in [6, 6.07) is 4.59. The van der Waals surface area contributed by atoms with Gasteiger partial charge in [-0.2, -0.15) is 0 Å². The number of carboxylic acids is 1. The summed E-state index contributed by atoms with van der Waals surface area (Å²) in [5.74, 6) is -2.11. The second-order valence-corrected chi connectivity index (χ2v) is 3.70. The van der Waals surface area contributed by atoms with Crippen molar-refractivity contribution in [3.8, 4) is 0 Å². The smallest absolute Gasteiger partial charge is 0.311 e. The van der Waals surface area contributed by atoms with Gasteiger partial charge in [-0.05, 0) is 19.4 Å². The van der Waals surface area contributed by atoms with Gasteiger partial charge in [0, 0.05) is 5.56 Å². The van der Waals surface area contributed by atoms with Crippen molar-refractivity contribution in [1.29, 1.82) is 0 Å². The largest absolute Gasteiger partial charge is 0.481 e. The molecule has 0 aliphatic heterocycles. The maximum Gasteiger partial charge on any atom is 0.311 e. The van der Waals surface area contributed by atoms with Crippen molar-refractivity contribution in [3.05, 3.63) is 35.1 Å². The molecule has 1 N–H and O–H groups in total. The number of benzene rings is 1. The van der Waals surface area contributed by atoms with E-state index >= 15 is 0 Å². The number of hydrogen-bond acceptors (Lipinski definition) is 1. The highest BCUT2D eigenvalue weighted by atomic mass is 19.1. The van der Waals surface area contributed by atoms with Crippen LogP contribution < -0.4 is 0 Å². The number of carboxylic acid groups (broad SMARTS) is 1. The fraction of sp³-hybridized carbons (Fsp3) is 0.417. The normalized spacial score (nSPS) is 12.5. The van der Waals surface area contributed by atoms with E-state index in [1.807, 2.05) is 13.8 Å². The zero-order valence-corrected chi connectivity index (χ0v) is 8.96. The molecule has 1 aromatic rings. The summed E-state index contributed by atoms with van der Waals surface area (Å²) in [7, 11) is 0. The molecule has 0 radical (unpaired) electrons. The maximum absolute atomic E-state index is 13.4. The monoisotopic (exact) mass is 210 g/mol. The highest BCUT2D eigenvalue weighted by molar-refractivity contribution is 5.76. The van der Waals surface area contributed by atoms with Crippen LogP contribution in [0.2, 0.25) is 0 Å². The van der Waals surface area contributed by atoms with Crippen molar-refractivity contribution in [2.75, 3.05) is 0 Å². The van der Waals surface area contributed by atoms with E-state index in [0.29, 0.717) is 12.0 Å². The van der Waals surface area contributed by atoms with Gasteiger partial charge in [0.1, 0.15) is 5.82 Å². The Morgan fingerprint density at radius 1 is 1.53 bits per heavy atom. The van der Waals surface area contributed by atoms with Gasteiger partial charge in [-0.25, -0.2) is 4.39 Å². The van der Waals surface area contributed by atoms with Crippen LogP contribution in [0.5, 0.6) is 0 Å². The molecule has 0 saturated carbocycles. The molecule has 0 spiro atoms. The molecule has 0 heterocycles. The van der Waals surface area contributed by atoms with Gasteiger partial charge in [0.05, 0.1) is 5.92 Å². The molecule has 0 aliphatic rings. The van der Waals surface area contributed by atoms with Crippen LogP contribution in [-0.4, -0.2) is 11.1 Å².